The minimum atomic E-state index is -3.61. The van der Waals surface area contributed by atoms with Crippen LogP contribution in [0.25, 0.3) is 10.8 Å². The number of halogens is 1. The van der Waals surface area contributed by atoms with E-state index in [0.717, 1.165) is 10.8 Å². The first-order chi connectivity index (χ1) is 10.0. The Morgan fingerprint density at radius 1 is 0.810 bits per heavy atom. The van der Waals surface area contributed by atoms with E-state index < -0.39 is 10.0 Å². The molecule has 0 fully saturated rings. The summed E-state index contributed by atoms with van der Waals surface area (Å²) >= 11 is 5.79. The second-order valence-electron chi connectivity index (χ2n) is 4.62. The fourth-order valence-electron chi connectivity index (χ4n) is 2.07. The maximum atomic E-state index is 12.4. The largest absolute Gasteiger partial charge is 0.280 e. The molecule has 0 atom stereocenters. The Morgan fingerprint density at radius 2 is 1.48 bits per heavy atom. The predicted molar refractivity (Wildman–Crippen MR) is 86.2 cm³/mol. The molecule has 106 valence electrons. The van der Waals surface area contributed by atoms with E-state index in [2.05, 4.69) is 4.72 Å². The predicted octanol–water partition coefficient (Wildman–Crippen LogP) is 4.29. The Kier molecular flexibility index (Phi) is 3.57. The smallest absolute Gasteiger partial charge is 0.261 e. The summed E-state index contributed by atoms with van der Waals surface area (Å²) in [4.78, 5) is 0.233. The van der Waals surface area contributed by atoms with Gasteiger partial charge < -0.3 is 0 Å². The highest BCUT2D eigenvalue weighted by Gasteiger charge is 2.14. The van der Waals surface area contributed by atoms with Crippen molar-refractivity contribution >= 4 is 38.1 Å². The second kappa shape index (κ2) is 5.39. The standard InChI is InChI=1S/C16H12ClNO2S/c17-14-6-8-15(9-7-14)18-21(19,20)16-10-5-12-3-1-2-4-13(12)11-16/h1-11,18H. The number of nitrogens with one attached hydrogen (secondary N) is 1. The fourth-order valence-corrected chi connectivity index (χ4v) is 3.29. The lowest BCUT2D eigenvalue weighted by Gasteiger charge is -2.09. The molecule has 3 rings (SSSR count). The summed E-state index contributed by atoms with van der Waals surface area (Å²) in [6, 6.07) is 19.2. The molecule has 21 heavy (non-hydrogen) atoms. The first-order valence-corrected chi connectivity index (χ1v) is 8.18. The number of hydrogen-bond acceptors (Lipinski definition) is 2. The summed E-state index contributed by atoms with van der Waals surface area (Å²) in [6.45, 7) is 0. The van der Waals surface area contributed by atoms with Gasteiger partial charge in [0.2, 0.25) is 0 Å². The van der Waals surface area contributed by atoms with Gasteiger partial charge in [-0.15, -0.1) is 0 Å². The SMILES string of the molecule is O=S(=O)(Nc1ccc(Cl)cc1)c1ccc2ccccc2c1. The van der Waals surface area contributed by atoms with Crippen molar-refractivity contribution in [3.05, 3.63) is 71.8 Å². The summed E-state index contributed by atoms with van der Waals surface area (Å²) in [6.07, 6.45) is 0. The minimum absolute atomic E-state index is 0.233. The van der Waals surface area contributed by atoms with Crippen molar-refractivity contribution in [3.63, 3.8) is 0 Å². The van der Waals surface area contributed by atoms with E-state index in [0.29, 0.717) is 10.7 Å². The lowest BCUT2D eigenvalue weighted by molar-refractivity contribution is 0.601. The number of hydrogen-bond donors (Lipinski definition) is 1. The summed E-state index contributed by atoms with van der Waals surface area (Å²) in [5, 5.41) is 2.45. The van der Waals surface area contributed by atoms with Crippen LogP contribution in [-0.4, -0.2) is 8.42 Å². The van der Waals surface area contributed by atoms with Crippen LogP contribution in [0, 0.1) is 0 Å². The van der Waals surface area contributed by atoms with Crippen molar-refractivity contribution in [2.75, 3.05) is 4.72 Å². The van der Waals surface area contributed by atoms with Gasteiger partial charge in [0, 0.05) is 10.7 Å². The highest BCUT2D eigenvalue weighted by atomic mass is 35.5. The molecule has 0 aliphatic rings. The number of anilines is 1. The van der Waals surface area contributed by atoms with Crippen molar-refractivity contribution in [2.45, 2.75) is 4.90 Å². The summed E-state index contributed by atoms with van der Waals surface area (Å²) in [5.74, 6) is 0. The van der Waals surface area contributed by atoms with Crippen LogP contribution in [0.1, 0.15) is 0 Å². The van der Waals surface area contributed by atoms with E-state index in [-0.39, 0.29) is 4.90 Å². The van der Waals surface area contributed by atoms with Crippen molar-refractivity contribution < 1.29 is 8.42 Å². The van der Waals surface area contributed by atoms with Crippen molar-refractivity contribution in [1.82, 2.24) is 0 Å². The Hall–Kier alpha value is -2.04. The van der Waals surface area contributed by atoms with E-state index in [1.807, 2.05) is 24.3 Å². The normalized spacial score (nSPS) is 11.5. The molecule has 0 saturated heterocycles. The van der Waals surface area contributed by atoms with Crippen LogP contribution in [-0.2, 0) is 10.0 Å². The number of benzene rings is 3. The molecule has 3 aromatic carbocycles. The van der Waals surface area contributed by atoms with Crippen LogP contribution in [0.3, 0.4) is 0 Å². The molecule has 0 unspecified atom stereocenters. The van der Waals surface area contributed by atoms with Crippen molar-refractivity contribution in [2.24, 2.45) is 0 Å². The van der Waals surface area contributed by atoms with Crippen LogP contribution in [0.2, 0.25) is 5.02 Å². The quantitative estimate of drug-likeness (QED) is 0.783. The lowest BCUT2D eigenvalue weighted by Crippen LogP contribution is -2.12. The topological polar surface area (TPSA) is 46.2 Å². The fraction of sp³-hybridized carbons (Fsp3) is 0. The van der Waals surface area contributed by atoms with Gasteiger partial charge in [-0.3, -0.25) is 4.72 Å². The lowest BCUT2D eigenvalue weighted by atomic mass is 10.1. The van der Waals surface area contributed by atoms with Crippen LogP contribution in [0.4, 0.5) is 5.69 Å². The van der Waals surface area contributed by atoms with Gasteiger partial charge in [0.15, 0.2) is 0 Å². The first kappa shape index (κ1) is 13.9. The van der Waals surface area contributed by atoms with Gasteiger partial charge in [-0.05, 0) is 47.2 Å². The van der Waals surface area contributed by atoms with Gasteiger partial charge in [-0.2, -0.15) is 0 Å². The van der Waals surface area contributed by atoms with Gasteiger partial charge in [-0.25, -0.2) is 8.42 Å². The van der Waals surface area contributed by atoms with Crippen molar-refractivity contribution in [3.8, 4) is 0 Å². The van der Waals surface area contributed by atoms with E-state index in [1.165, 1.54) is 0 Å². The molecule has 3 aromatic rings. The molecular weight excluding hydrogens is 306 g/mol. The number of sulfonamides is 1. The molecule has 0 aliphatic carbocycles. The van der Waals surface area contributed by atoms with E-state index in [4.69, 9.17) is 11.6 Å². The number of rotatable bonds is 3. The van der Waals surface area contributed by atoms with Gasteiger partial charge in [0.05, 0.1) is 4.90 Å². The summed E-state index contributed by atoms with van der Waals surface area (Å²) in [7, 11) is -3.61. The molecular formula is C16H12ClNO2S. The Balaban J connectivity index is 1.97. The van der Waals surface area contributed by atoms with Crippen molar-refractivity contribution in [1.29, 1.82) is 0 Å². The minimum Gasteiger partial charge on any atom is -0.280 e. The first-order valence-electron chi connectivity index (χ1n) is 6.32. The summed E-state index contributed by atoms with van der Waals surface area (Å²) < 4.78 is 27.3. The average Bonchev–Trinajstić information content (AvgIpc) is 2.49. The molecule has 0 aromatic heterocycles. The maximum absolute atomic E-state index is 12.4. The third-order valence-corrected chi connectivity index (χ3v) is 4.76. The zero-order valence-corrected chi connectivity index (χ0v) is 12.5. The zero-order chi connectivity index (χ0) is 14.9. The third kappa shape index (κ3) is 3.01. The molecule has 5 heteroatoms. The maximum Gasteiger partial charge on any atom is 0.261 e. The molecule has 0 amide bonds. The summed E-state index contributed by atoms with van der Waals surface area (Å²) in [5.41, 5.74) is 0.479. The molecule has 1 N–H and O–H groups in total. The highest BCUT2D eigenvalue weighted by Crippen LogP contribution is 2.22. The van der Waals surface area contributed by atoms with E-state index >= 15 is 0 Å². The number of fused-ring (bicyclic) bond motifs is 1. The van der Waals surface area contributed by atoms with Crippen LogP contribution < -0.4 is 4.72 Å². The molecule has 0 bridgehead atoms. The Morgan fingerprint density at radius 3 is 2.19 bits per heavy atom. The molecule has 0 spiro atoms. The second-order valence-corrected chi connectivity index (χ2v) is 6.74. The Bertz CT molecular complexity index is 890. The highest BCUT2D eigenvalue weighted by molar-refractivity contribution is 7.92. The molecule has 0 radical (unpaired) electrons. The zero-order valence-electron chi connectivity index (χ0n) is 11.0. The van der Waals surface area contributed by atoms with Gasteiger partial charge in [0.1, 0.15) is 0 Å². The Labute approximate surface area is 128 Å². The third-order valence-electron chi connectivity index (χ3n) is 3.13. The van der Waals surface area contributed by atoms with Gasteiger partial charge >= 0.3 is 0 Å². The van der Waals surface area contributed by atoms with Gasteiger partial charge in [0.25, 0.3) is 10.0 Å². The van der Waals surface area contributed by atoms with Crippen LogP contribution in [0.5, 0.6) is 0 Å². The van der Waals surface area contributed by atoms with Crippen LogP contribution in [0.15, 0.2) is 71.6 Å². The van der Waals surface area contributed by atoms with Gasteiger partial charge in [-0.1, -0.05) is 41.9 Å². The molecule has 3 nitrogen and oxygen atoms in total. The van der Waals surface area contributed by atoms with E-state index in [1.54, 1.807) is 42.5 Å². The monoisotopic (exact) mass is 317 g/mol. The molecule has 0 saturated carbocycles. The molecule has 0 heterocycles. The molecule has 0 aliphatic heterocycles. The van der Waals surface area contributed by atoms with Crippen LogP contribution >= 0.6 is 11.6 Å². The average molecular weight is 318 g/mol. The van der Waals surface area contributed by atoms with E-state index in [9.17, 15) is 8.42 Å².